The maximum Gasteiger partial charge on any atom is 0.408 e. The minimum absolute atomic E-state index is 0.105. The summed E-state index contributed by atoms with van der Waals surface area (Å²) in [5.74, 6) is -0.274. The number of amides is 1. The second-order valence-electron chi connectivity index (χ2n) is 7.62. The Hall–Kier alpha value is -2.04. The van der Waals surface area contributed by atoms with E-state index in [0.717, 1.165) is 31.2 Å². The lowest BCUT2D eigenvalue weighted by Gasteiger charge is -2.31. The molecular formula is C20H29NO4. The third-order valence-electron chi connectivity index (χ3n) is 4.27. The van der Waals surface area contributed by atoms with Gasteiger partial charge in [-0.25, -0.2) is 9.59 Å². The summed E-state index contributed by atoms with van der Waals surface area (Å²) in [5, 5.41) is 2.74. The number of nitrogens with one attached hydrogen (secondary N) is 1. The fourth-order valence-corrected chi connectivity index (χ4v) is 3.09. The highest BCUT2D eigenvalue weighted by Gasteiger charge is 2.34. The van der Waals surface area contributed by atoms with Crippen molar-refractivity contribution in [3.63, 3.8) is 0 Å². The highest BCUT2D eigenvalue weighted by Crippen LogP contribution is 2.28. The number of carbonyl (C=O) groups excluding carboxylic acids is 2. The SMILES string of the molecule is CC(C)(C)OC(=O)C(NC(=O)OCc1ccccc1)C1CCCCC1. The van der Waals surface area contributed by atoms with Gasteiger partial charge in [-0.15, -0.1) is 0 Å². The standard InChI is InChI=1S/C20H29NO4/c1-20(2,3)25-18(22)17(16-12-8-5-9-13-16)21-19(23)24-14-15-10-6-4-7-11-15/h4,6-7,10-11,16-17H,5,8-9,12-14H2,1-3H3,(H,21,23). The second-order valence-corrected chi connectivity index (χ2v) is 7.62. The molecule has 1 atom stereocenters. The summed E-state index contributed by atoms with van der Waals surface area (Å²) in [5.41, 5.74) is 0.323. The van der Waals surface area contributed by atoms with E-state index in [1.807, 2.05) is 51.1 Å². The summed E-state index contributed by atoms with van der Waals surface area (Å²) < 4.78 is 10.8. The Kier molecular flexibility index (Phi) is 6.85. The predicted molar refractivity (Wildman–Crippen MR) is 96.0 cm³/mol. The van der Waals surface area contributed by atoms with E-state index in [1.54, 1.807) is 0 Å². The molecule has 1 fully saturated rings. The van der Waals surface area contributed by atoms with Gasteiger partial charge in [-0.05, 0) is 45.1 Å². The van der Waals surface area contributed by atoms with Crippen LogP contribution in [0.3, 0.4) is 0 Å². The van der Waals surface area contributed by atoms with Gasteiger partial charge in [0.05, 0.1) is 0 Å². The minimum Gasteiger partial charge on any atom is -0.458 e. The Balaban J connectivity index is 1.96. The first kappa shape index (κ1) is 19.3. The Labute approximate surface area is 150 Å². The van der Waals surface area contributed by atoms with Crippen LogP contribution in [0, 0.1) is 5.92 Å². The van der Waals surface area contributed by atoms with E-state index in [9.17, 15) is 9.59 Å². The molecule has 1 aliphatic carbocycles. The van der Waals surface area contributed by atoms with Crippen LogP contribution in [0.2, 0.25) is 0 Å². The topological polar surface area (TPSA) is 64.6 Å². The van der Waals surface area contributed by atoms with Crippen LogP contribution in [0.15, 0.2) is 30.3 Å². The van der Waals surface area contributed by atoms with Gasteiger partial charge in [0, 0.05) is 0 Å². The van der Waals surface area contributed by atoms with Crippen LogP contribution in [-0.4, -0.2) is 23.7 Å². The number of esters is 1. The molecule has 1 saturated carbocycles. The summed E-state index contributed by atoms with van der Waals surface area (Å²) in [7, 11) is 0. The first-order valence-corrected chi connectivity index (χ1v) is 9.05. The summed E-state index contributed by atoms with van der Waals surface area (Å²) in [6.07, 6.45) is 4.59. The molecule has 1 unspecified atom stereocenters. The van der Waals surface area contributed by atoms with Gasteiger partial charge in [-0.1, -0.05) is 49.6 Å². The van der Waals surface area contributed by atoms with E-state index in [4.69, 9.17) is 9.47 Å². The molecule has 0 heterocycles. The summed E-state index contributed by atoms with van der Waals surface area (Å²) >= 11 is 0. The first-order valence-electron chi connectivity index (χ1n) is 9.05. The van der Waals surface area contributed by atoms with Crippen molar-refractivity contribution in [3.05, 3.63) is 35.9 Å². The number of benzene rings is 1. The molecule has 0 radical (unpaired) electrons. The Morgan fingerprint density at radius 3 is 2.36 bits per heavy atom. The van der Waals surface area contributed by atoms with Gasteiger partial charge in [0.15, 0.2) is 0 Å². The third kappa shape index (κ3) is 6.77. The fourth-order valence-electron chi connectivity index (χ4n) is 3.09. The van der Waals surface area contributed by atoms with Crippen molar-refractivity contribution in [2.24, 2.45) is 5.92 Å². The molecule has 0 aliphatic heterocycles. The van der Waals surface area contributed by atoms with Crippen LogP contribution in [0.25, 0.3) is 0 Å². The van der Waals surface area contributed by atoms with Gasteiger partial charge < -0.3 is 14.8 Å². The van der Waals surface area contributed by atoms with E-state index in [0.29, 0.717) is 0 Å². The van der Waals surface area contributed by atoms with Gasteiger partial charge in [-0.3, -0.25) is 0 Å². The highest BCUT2D eigenvalue weighted by molar-refractivity contribution is 5.82. The molecule has 1 aromatic rings. The predicted octanol–water partition coefficient (Wildman–Crippen LogP) is 4.20. The van der Waals surface area contributed by atoms with Crippen molar-refractivity contribution in [2.45, 2.75) is 71.1 Å². The monoisotopic (exact) mass is 347 g/mol. The van der Waals surface area contributed by atoms with Crippen LogP contribution in [0.4, 0.5) is 4.79 Å². The van der Waals surface area contributed by atoms with Crippen molar-refractivity contribution in [1.82, 2.24) is 5.32 Å². The first-order chi connectivity index (χ1) is 11.8. The fraction of sp³-hybridized carbons (Fsp3) is 0.600. The number of carbonyl (C=O) groups is 2. The van der Waals surface area contributed by atoms with Crippen LogP contribution >= 0.6 is 0 Å². The van der Waals surface area contributed by atoms with Crippen molar-refractivity contribution in [2.75, 3.05) is 0 Å². The lowest BCUT2D eigenvalue weighted by Crippen LogP contribution is -2.49. The van der Waals surface area contributed by atoms with Crippen molar-refractivity contribution in [1.29, 1.82) is 0 Å². The molecule has 1 aromatic carbocycles. The Morgan fingerprint density at radius 1 is 1.12 bits per heavy atom. The summed E-state index contributed by atoms with van der Waals surface area (Å²) in [4.78, 5) is 24.8. The van der Waals surface area contributed by atoms with Crippen LogP contribution < -0.4 is 5.32 Å². The zero-order chi connectivity index (χ0) is 18.3. The lowest BCUT2D eigenvalue weighted by molar-refractivity contribution is -0.159. The maximum absolute atomic E-state index is 12.6. The Bertz CT molecular complexity index is 559. The third-order valence-corrected chi connectivity index (χ3v) is 4.27. The number of hydrogen-bond acceptors (Lipinski definition) is 4. The summed E-state index contributed by atoms with van der Waals surface area (Å²) in [6.45, 7) is 5.67. The summed E-state index contributed by atoms with van der Waals surface area (Å²) in [6, 6.07) is 8.82. The maximum atomic E-state index is 12.6. The average molecular weight is 347 g/mol. The van der Waals surface area contributed by atoms with E-state index in [1.165, 1.54) is 6.42 Å². The molecule has 0 bridgehead atoms. The smallest absolute Gasteiger partial charge is 0.408 e. The molecule has 1 aliphatic rings. The van der Waals surface area contributed by atoms with Crippen LogP contribution in [0.5, 0.6) is 0 Å². The Morgan fingerprint density at radius 2 is 1.76 bits per heavy atom. The largest absolute Gasteiger partial charge is 0.458 e. The normalized spacial score (nSPS) is 16.8. The zero-order valence-electron chi connectivity index (χ0n) is 15.4. The number of alkyl carbamates (subject to hydrolysis) is 1. The molecule has 2 rings (SSSR count). The van der Waals surface area contributed by atoms with Crippen LogP contribution in [0.1, 0.15) is 58.4 Å². The molecule has 25 heavy (non-hydrogen) atoms. The average Bonchev–Trinajstić information content (AvgIpc) is 2.58. The van der Waals surface area contributed by atoms with E-state index in [2.05, 4.69) is 5.32 Å². The van der Waals surface area contributed by atoms with E-state index < -0.39 is 17.7 Å². The molecule has 5 heteroatoms. The molecule has 1 amide bonds. The van der Waals surface area contributed by atoms with Crippen LogP contribution in [-0.2, 0) is 20.9 Å². The molecule has 0 spiro atoms. The lowest BCUT2D eigenvalue weighted by atomic mass is 9.84. The van der Waals surface area contributed by atoms with Crippen molar-refractivity contribution >= 4 is 12.1 Å². The number of rotatable bonds is 5. The van der Waals surface area contributed by atoms with Gasteiger partial charge in [0.2, 0.25) is 0 Å². The minimum atomic E-state index is -0.650. The van der Waals surface area contributed by atoms with Gasteiger partial charge in [-0.2, -0.15) is 0 Å². The molecule has 138 valence electrons. The van der Waals surface area contributed by atoms with Crippen molar-refractivity contribution < 1.29 is 19.1 Å². The van der Waals surface area contributed by atoms with E-state index >= 15 is 0 Å². The highest BCUT2D eigenvalue weighted by atomic mass is 16.6. The molecule has 0 saturated heterocycles. The van der Waals surface area contributed by atoms with Gasteiger partial charge in [0.25, 0.3) is 0 Å². The molecular weight excluding hydrogens is 318 g/mol. The molecule has 0 aromatic heterocycles. The van der Waals surface area contributed by atoms with Gasteiger partial charge in [0.1, 0.15) is 18.2 Å². The molecule has 5 nitrogen and oxygen atoms in total. The number of ether oxygens (including phenoxy) is 2. The zero-order valence-corrected chi connectivity index (χ0v) is 15.4. The molecule has 1 N–H and O–H groups in total. The van der Waals surface area contributed by atoms with E-state index in [-0.39, 0.29) is 18.5 Å². The second kappa shape index (κ2) is 8.88. The quantitative estimate of drug-likeness (QED) is 0.811. The van der Waals surface area contributed by atoms with Gasteiger partial charge >= 0.3 is 12.1 Å². The van der Waals surface area contributed by atoms with Crippen molar-refractivity contribution in [3.8, 4) is 0 Å². The number of hydrogen-bond donors (Lipinski definition) is 1.